The fourth-order valence-electron chi connectivity index (χ4n) is 3.74. The molecule has 0 amide bonds. The van der Waals surface area contributed by atoms with Gasteiger partial charge in [0.15, 0.2) is 11.2 Å². The first-order valence-corrected chi connectivity index (χ1v) is 9.61. The van der Waals surface area contributed by atoms with E-state index in [1.165, 1.54) is 17.2 Å². The van der Waals surface area contributed by atoms with E-state index in [4.69, 9.17) is 9.72 Å². The van der Waals surface area contributed by atoms with Gasteiger partial charge in [-0.2, -0.15) is 4.98 Å². The van der Waals surface area contributed by atoms with Gasteiger partial charge in [0.1, 0.15) is 0 Å². The lowest BCUT2D eigenvalue weighted by Crippen LogP contribution is -2.38. The number of anilines is 1. The summed E-state index contributed by atoms with van der Waals surface area (Å²) < 4.78 is 10.0. The zero-order valence-electron chi connectivity index (χ0n) is 16.3. The Labute approximate surface area is 162 Å². The van der Waals surface area contributed by atoms with Gasteiger partial charge >= 0.3 is 5.69 Å². The highest BCUT2D eigenvalue weighted by atomic mass is 16.5. The summed E-state index contributed by atoms with van der Waals surface area (Å²) in [6, 6.07) is 10.3. The summed E-state index contributed by atoms with van der Waals surface area (Å²) in [4.78, 5) is 32.1. The summed E-state index contributed by atoms with van der Waals surface area (Å²) in [6.45, 7) is 3.35. The van der Waals surface area contributed by atoms with Crippen molar-refractivity contribution in [2.24, 2.45) is 14.1 Å². The molecule has 4 rings (SSSR count). The van der Waals surface area contributed by atoms with Crippen molar-refractivity contribution in [1.29, 1.82) is 0 Å². The number of aryl methyl sites for hydroxylation is 3. The first-order chi connectivity index (χ1) is 13.6. The number of hydrogen-bond acceptors (Lipinski definition) is 5. The Morgan fingerprint density at radius 1 is 1.04 bits per heavy atom. The molecule has 148 valence electrons. The highest BCUT2D eigenvalue weighted by molar-refractivity contribution is 5.74. The lowest BCUT2D eigenvalue weighted by atomic mass is 10.1. The molecule has 8 heteroatoms. The van der Waals surface area contributed by atoms with Crippen LogP contribution in [0, 0.1) is 0 Å². The molecule has 3 aromatic rings. The fraction of sp³-hybridized carbons (Fsp3) is 0.450. The summed E-state index contributed by atoms with van der Waals surface area (Å²) in [6.07, 6.45) is 1.79. The normalized spacial score (nSPS) is 14.7. The van der Waals surface area contributed by atoms with Crippen LogP contribution in [0.15, 0.2) is 39.9 Å². The standard InChI is InChI=1S/C20H25N5O3/c1-22-17-16(18(26)23(2)20(22)27)25(10-6-9-15-7-4-3-5-8-15)19(21-17)24-11-13-28-14-12-24/h3-5,7-8H,6,9-14H2,1-2H3. The van der Waals surface area contributed by atoms with Gasteiger partial charge < -0.3 is 14.2 Å². The van der Waals surface area contributed by atoms with E-state index in [1.54, 1.807) is 7.05 Å². The van der Waals surface area contributed by atoms with Crippen molar-refractivity contribution in [2.75, 3.05) is 31.2 Å². The average molecular weight is 383 g/mol. The van der Waals surface area contributed by atoms with Gasteiger partial charge in [0, 0.05) is 33.7 Å². The molecule has 1 aliphatic rings. The van der Waals surface area contributed by atoms with Crippen LogP contribution in [0.2, 0.25) is 0 Å². The van der Waals surface area contributed by atoms with Gasteiger partial charge in [-0.15, -0.1) is 0 Å². The number of hydrogen-bond donors (Lipinski definition) is 0. The molecule has 0 aliphatic carbocycles. The quantitative estimate of drug-likeness (QED) is 0.655. The smallest absolute Gasteiger partial charge is 0.332 e. The van der Waals surface area contributed by atoms with E-state index in [2.05, 4.69) is 17.0 Å². The first kappa shape index (κ1) is 18.5. The molecular weight excluding hydrogens is 358 g/mol. The third-order valence-corrected chi connectivity index (χ3v) is 5.31. The van der Waals surface area contributed by atoms with Crippen LogP contribution in [0.5, 0.6) is 0 Å². The number of ether oxygens (including phenoxy) is 1. The average Bonchev–Trinajstić information content (AvgIpc) is 3.12. The molecule has 1 saturated heterocycles. The summed E-state index contributed by atoms with van der Waals surface area (Å²) in [7, 11) is 3.17. The fourth-order valence-corrected chi connectivity index (χ4v) is 3.74. The van der Waals surface area contributed by atoms with Crippen molar-refractivity contribution in [1.82, 2.24) is 18.7 Å². The van der Waals surface area contributed by atoms with Crippen LogP contribution >= 0.6 is 0 Å². The second-order valence-corrected chi connectivity index (χ2v) is 7.13. The van der Waals surface area contributed by atoms with Gasteiger partial charge in [0.25, 0.3) is 5.56 Å². The molecule has 3 heterocycles. The van der Waals surface area contributed by atoms with Gasteiger partial charge in [0.2, 0.25) is 5.95 Å². The van der Waals surface area contributed by atoms with Crippen LogP contribution in [0.4, 0.5) is 5.95 Å². The van der Waals surface area contributed by atoms with Crippen LogP contribution in [0.25, 0.3) is 11.2 Å². The Hall–Kier alpha value is -2.87. The van der Waals surface area contributed by atoms with Crippen molar-refractivity contribution in [3.05, 3.63) is 56.7 Å². The highest BCUT2D eigenvalue weighted by Gasteiger charge is 2.23. The Morgan fingerprint density at radius 2 is 1.75 bits per heavy atom. The van der Waals surface area contributed by atoms with Crippen molar-refractivity contribution in [3.8, 4) is 0 Å². The van der Waals surface area contributed by atoms with E-state index in [9.17, 15) is 9.59 Å². The predicted molar refractivity (Wildman–Crippen MR) is 108 cm³/mol. The number of nitrogens with zero attached hydrogens (tertiary/aromatic N) is 5. The molecule has 28 heavy (non-hydrogen) atoms. The van der Waals surface area contributed by atoms with Crippen LogP contribution in [0.3, 0.4) is 0 Å². The summed E-state index contributed by atoms with van der Waals surface area (Å²) >= 11 is 0. The second-order valence-electron chi connectivity index (χ2n) is 7.13. The number of benzene rings is 1. The minimum atomic E-state index is -0.361. The van der Waals surface area contributed by atoms with E-state index < -0.39 is 0 Å². The van der Waals surface area contributed by atoms with Crippen LogP contribution < -0.4 is 16.1 Å². The molecule has 1 aliphatic heterocycles. The summed E-state index contributed by atoms with van der Waals surface area (Å²) in [5.74, 6) is 0.740. The highest BCUT2D eigenvalue weighted by Crippen LogP contribution is 2.21. The zero-order valence-corrected chi connectivity index (χ0v) is 16.3. The molecule has 1 aromatic carbocycles. The molecule has 0 saturated carbocycles. The van der Waals surface area contributed by atoms with E-state index in [0.29, 0.717) is 30.9 Å². The zero-order chi connectivity index (χ0) is 19.7. The number of imidazole rings is 1. The number of fused-ring (bicyclic) bond motifs is 1. The van der Waals surface area contributed by atoms with Gasteiger partial charge in [0.05, 0.1) is 13.2 Å². The van der Waals surface area contributed by atoms with E-state index in [1.807, 2.05) is 22.8 Å². The molecule has 0 unspecified atom stereocenters. The van der Waals surface area contributed by atoms with Crippen molar-refractivity contribution >= 4 is 17.1 Å². The molecule has 0 bridgehead atoms. The van der Waals surface area contributed by atoms with E-state index in [-0.39, 0.29) is 11.2 Å². The predicted octanol–water partition coefficient (Wildman–Crippen LogP) is 0.903. The molecule has 0 atom stereocenters. The number of aromatic nitrogens is 4. The van der Waals surface area contributed by atoms with Gasteiger partial charge in [-0.25, -0.2) is 4.79 Å². The monoisotopic (exact) mass is 383 g/mol. The van der Waals surface area contributed by atoms with Crippen LogP contribution in [-0.2, 0) is 31.8 Å². The van der Waals surface area contributed by atoms with E-state index in [0.717, 1.165) is 36.4 Å². The largest absolute Gasteiger partial charge is 0.378 e. The Balaban J connectivity index is 1.76. The Bertz CT molecular complexity index is 1090. The molecule has 0 spiro atoms. The van der Waals surface area contributed by atoms with Crippen molar-refractivity contribution in [2.45, 2.75) is 19.4 Å². The molecule has 8 nitrogen and oxygen atoms in total. The Kier molecular flexibility index (Phi) is 5.04. The molecule has 2 aromatic heterocycles. The maximum atomic E-state index is 12.9. The van der Waals surface area contributed by atoms with Crippen LogP contribution in [0.1, 0.15) is 12.0 Å². The molecular formula is C20H25N5O3. The van der Waals surface area contributed by atoms with Crippen LogP contribution in [-0.4, -0.2) is 45.0 Å². The van der Waals surface area contributed by atoms with Gasteiger partial charge in [-0.05, 0) is 18.4 Å². The van der Waals surface area contributed by atoms with E-state index >= 15 is 0 Å². The topological polar surface area (TPSA) is 74.3 Å². The minimum Gasteiger partial charge on any atom is -0.378 e. The maximum Gasteiger partial charge on any atom is 0.332 e. The molecule has 0 N–H and O–H groups in total. The lowest BCUT2D eigenvalue weighted by Gasteiger charge is -2.28. The summed E-state index contributed by atoms with van der Waals surface area (Å²) in [5.41, 5.74) is 1.53. The number of rotatable bonds is 5. The lowest BCUT2D eigenvalue weighted by molar-refractivity contribution is 0.121. The van der Waals surface area contributed by atoms with Gasteiger partial charge in [-0.3, -0.25) is 13.9 Å². The molecule has 1 fully saturated rings. The number of morpholine rings is 1. The van der Waals surface area contributed by atoms with Crippen molar-refractivity contribution in [3.63, 3.8) is 0 Å². The summed E-state index contributed by atoms with van der Waals surface area (Å²) in [5, 5.41) is 0. The van der Waals surface area contributed by atoms with Crippen molar-refractivity contribution < 1.29 is 4.74 Å². The second kappa shape index (κ2) is 7.63. The minimum absolute atomic E-state index is 0.301. The third-order valence-electron chi connectivity index (χ3n) is 5.31. The third kappa shape index (κ3) is 3.24. The SMILES string of the molecule is Cn1c(=O)c2c(nc(N3CCOCC3)n2CCCc2ccccc2)n(C)c1=O. The first-order valence-electron chi connectivity index (χ1n) is 9.61. The molecule has 0 radical (unpaired) electrons. The van der Waals surface area contributed by atoms with Gasteiger partial charge in [-0.1, -0.05) is 30.3 Å². The maximum absolute atomic E-state index is 12.9. The Morgan fingerprint density at radius 3 is 2.46 bits per heavy atom.